The zero-order valence-electron chi connectivity index (χ0n) is 12.2. The Hall–Kier alpha value is -2.11. The Morgan fingerprint density at radius 3 is 2.24 bits per heavy atom. The molecule has 0 unspecified atom stereocenters. The van der Waals surface area contributed by atoms with Crippen molar-refractivity contribution in [2.24, 2.45) is 5.41 Å². The third kappa shape index (κ3) is 3.15. The summed E-state index contributed by atoms with van der Waals surface area (Å²) in [5.41, 5.74) is -0.154. The van der Waals surface area contributed by atoms with Crippen molar-refractivity contribution in [2.45, 2.75) is 19.8 Å². The smallest absolute Gasteiger partial charge is 0.324 e. The van der Waals surface area contributed by atoms with Crippen LogP contribution < -0.4 is 4.90 Å². The molecule has 6 heteroatoms. The van der Waals surface area contributed by atoms with Gasteiger partial charge < -0.3 is 10.0 Å². The number of carboxylic acids is 1. The van der Waals surface area contributed by atoms with Crippen molar-refractivity contribution < 1.29 is 19.1 Å². The van der Waals surface area contributed by atoms with Crippen LogP contribution in [0.25, 0.3) is 0 Å². The summed E-state index contributed by atoms with van der Waals surface area (Å²) in [4.78, 5) is 26.6. The number of hydrogen-bond donors (Lipinski definition) is 1. The number of aliphatic carboxylic acids is 1. The molecule has 1 fully saturated rings. The molecule has 0 atom stereocenters. The lowest BCUT2D eigenvalue weighted by atomic mass is 9.80. The van der Waals surface area contributed by atoms with Crippen molar-refractivity contribution in [3.05, 3.63) is 30.1 Å². The van der Waals surface area contributed by atoms with Crippen molar-refractivity contribution in [2.75, 3.05) is 25.0 Å². The minimum absolute atomic E-state index is 0.200. The SMILES string of the molecule is CN(C(=O)N1CCC(C)(C(=O)O)CC1)c1ccc(F)cc1. The molecule has 0 saturated carbocycles. The summed E-state index contributed by atoms with van der Waals surface area (Å²) in [5.74, 6) is -1.17. The standard InChI is InChI=1S/C15H19FN2O3/c1-15(13(19)20)7-9-18(10-8-15)14(21)17(2)12-5-3-11(16)4-6-12/h3-6H,7-10H2,1-2H3,(H,19,20). The first-order chi connectivity index (χ1) is 9.83. The number of rotatable bonds is 2. The largest absolute Gasteiger partial charge is 0.481 e. The van der Waals surface area contributed by atoms with E-state index in [-0.39, 0.29) is 11.8 Å². The van der Waals surface area contributed by atoms with E-state index in [2.05, 4.69) is 0 Å². The molecular formula is C15H19FN2O3. The Balaban J connectivity index is 2.01. The molecule has 21 heavy (non-hydrogen) atoms. The maximum absolute atomic E-state index is 12.9. The fraction of sp³-hybridized carbons (Fsp3) is 0.467. The molecule has 2 amide bonds. The number of carbonyl (C=O) groups excluding carboxylic acids is 1. The van der Waals surface area contributed by atoms with Crippen LogP contribution in [-0.2, 0) is 4.79 Å². The lowest BCUT2D eigenvalue weighted by molar-refractivity contribution is -0.150. The Morgan fingerprint density at radius 1 is 1.24 bits per heavy atom. The van der Waals surface area contributed by atoms with Gasteiger partial charge in [-0.15, -0.1) is 0 Å². The van der Waals surface area contributed by atoms with E-state index >= 15 is 0 Å². The summed E-state index contributed by atoms with van der Waals surface area (Å²) in [6.45, 7) is 2.53. The van der Waals surface area contributed by atoms with Gasteiger partial charge in [0.05, 0.1) is 5.41 Å². The molecule has 1 saturated heterocycles. The van der Waals surface area contributed by atoms with Crippen LogP contribution in [0.15, 0.2) is 24.3 Å². The highest BCUT2D eigenvalue weighted by Crippen LogP contribution is 2.31. The van der Waals surface area contributed by atoms with Gasteiger partial charge in [-0.3, -0.25) is 9.69 Å². The van der Waals surface area contributed by atoms with Crippen LogP contribution in [0.3, 0.4) is 0 Å². The van der Waals surface area contributed by atoms with E-state index in [1.54, 1.807) is 31.0 Å². The molecule has 1 aromatic carbocycles. The van der Waals surface area contributed by atoms with E-state index < -0.39 is 11.4 Å². The molecular weight excluding hydrogens is 275 g/mol. The summed E-state index contributed by atoms with van der Waals surface area (Å²) >= 11 is 0. The van der Waals surface area contributed by atoms with Gasteiger partial charge in [-0.05, 0) is 44.0 Å². The first kappa shape index (κ1) is 15.3. The van der Waals surface area contributed by atoms with E-state index in [1.165, 1.54) is 17.0 Å². The maximum Gasteiger partial charge on any atom is 0.324 e. The van der Waals surface area contributed by atoms with E-state index in [0.717, 1.165) is 0 Å². The minimum Gasteiger partial charge on any atom is -0.481 e. The highest BCUT2D eigenvalue weighted by Gasteiger charge is 2.38. The van der Waals surface area contributed by atoms with Crippen LogP contribution in [0.2, 0.25) is 0 Å². The quantitative estimate of drug-likeness (QED) is 0.912. The molecule has 0 aromatic heterocycles. The Bertz CT molecular complexity index is 536. The number of anilines is 1. The summed E-state index contributed by atoms with van der Waals surface area (Å²) in [5, 5.41) is 9.19. The molecule has 114 valence electrons. The summed E-state index contributed by atoms with van der Waals surface area (Å²) in [6, 6.07) is 5.49. The number of piperidine rings is 1. The molecule has 2 rings (SSSR count). The second-order valence-corrected chi connectivity index (χ2v) is 5.67. The number of hydrogen-bond acceptors (Lipinski definition) is 2. The predicted molar refractivity (Wildman–Crippen MR) is 76.7 cm³/mol. The van der Waals surface area contributed by atoms with Crippen LogP contribution in [0.4, 0.5) is 14.9 Å². The topological polar surface area (TPSA) is 60.9 Å². The number of benzene rings is 1. The Kier molecular flexibility index (Phi) is 4.16. The normalized spacial score (nSPS) is 17.4. The van der Waals surface area contributed by atoms with Crippen molar-refractivity contribution in [3.63, 3.8) is 0 Å². The molecule has 1 aliphatic heterocycles. The van der Waals surface area contributed by atoms with Gasteiger partial charge in [-0.2, -0.15) is 0 Å². The number of likely N-dealkylation sites (tertiary alicyclic amines) is 1. The molecule has 0 spiro atoms. The van der Waals surface area contributed by atoms with Crippen molar-refractivity contribution in [1.82, 2.24) is 4.90 Å². The highest BCUT2D eigenvalue weighted by atomic mass is 19.1. The Labute approximate surface area is 123 Å². The number of amides is 2. The highest BCUT2D eigenvalue weighted by molar-refractivity contribution is 5.91. The van der Waals surface area contributed by atoms with Gasteiger partial charge in [0.2, 0.25) is 0 Å². The number of halogens is 1. The second-order valence-electron chi connectivity index (χ2n) is 5.67. The summed E-state index contributed by atoms with van der Waals surface area (Å²) in [7, 11) is 1.63. The van der Waals surface area contributed by atoms with Gasteiger partial charge >= 0.3 is 12.0 Å². The molecule has 0 radical (unpaired) electrons. The van der Waals surface area contributed by atoms with E-state index in [0.29, 0.717) is 31.6 Å². The van der Waals surface area contributed by atoms with E-state index in [9.17, 15) is 19.1 Å². The number of nitrogens with zero attached hydrogens (tertiary/aromatic N) is 2. The number of carbonyl (C=O) groups is 2. The maximum atomic E-state index is 12.9. The lowest BCUT2D eigenvalue weighted by Crippen LogP contribution is -2.49. The van der Waals surface area contributed by atoms with E-state index in [1.807, 2.05) is 0 Å². The molecule has 1 N–H and O–H groups in total. The third-order valence-electron chi connectivity index (χ3n) is 4.15. The zero-order valence-corrected chi connectivity index (χ0v) is 12.2. The minimum atomic E-state index is -0.818. The van der Waals surface area contributed by atoms with Gasteiger partial charge in [0.25, 0.3) is 0 Å². The fourth-order valence-corrected chi connectivity index (χ4v) is 2.39. The first-order valence-electron chi connectivity index (χ1n) is 6.85. The van der Waals surface area contributed by atoms with Crippen LogP contribution >= 0.6 is 0 Å². The Morgan fingerprint density at radius 2 is 1.76 bits per heavy atom. The molecule has 1 heterocycles. The molecule has 1 aromatic rings. The molecule has 5 nitrogen and oxygen atoms in total. The third-order valence-corrected chi connectivity index (χ3v) is 4.15. The van der Waals surface area contributed by atoms with Gasteiger partial charge in [-0.1, -0.05) is 0 Å². The van der Waals surface area contributed by atoms with Crippen LogP contribution in [0.1, 0.15) is 19.8 Å². The summed E-state index contributed by atoms with van der Waals surface area (Å²) in [6.07, 6.45) is 0.872. The first-order valence-corrected chi connectivity index (χ1v) is 6.85. The van der Waals surface area contributed by atoms with Crippen LogP contribution in [0.5, 0.6) is 0 Å². The van der Waals surface area contributed by atoms with Crippen molar-refractivity contribution >= 4 is 17.7 Å². The number of urea groups is 1. The van der Waals surface area contributed by atoms with Gasteiger partial charge in [0, 0.05) is 25.8 Å². The van der Waals surface area contributed by atoms with Crippen molar-refractivity contribution in [3.8, 4) is 0 Å². The van der Waals surface area contributed by atoms with Crippen molar-refractivity contribution in [1.29, 1.82) is 0 Å². The van der Waals surface area contributed by atoms with Gasteiger partial charge in [0.1, 0.15) is 5.82 Å². The molecule has 0 aliphatic carbocycles. The van der Waals surface area contributed by atoms with Gasteiger partial charge in [0.15, 0.2) is 0 Å². The van der Waals surface area contributed by atoms with Crippen LogP contribution in [0, 0.1) is 11.2 Å². The average molecular weight is 294 g/mol. The van der Waals surface area contributed by atoms with Gasteiger partial charge in [-0.25, -0.2) is 9.18 Å². The molecule has 0 bridgehead atoms. The average Bonchev–Trinajstić information content (AvgIpc) is 2.47. The zero-order chi connectivity index (χ0) is 15.6. The fourth-order valence-electron chi connectivity index (χ4n) is 2.39. The van der Waals surface area contributed by atoms with E-state index in [4.69, 9.17) is 0 Å². The molecule has 1 aliphatic rings. The number of carboxylic acid groups (broad SMARTS) is 1. The monoisotopic (exact) mass is 294 g/mol. The van der Waals surface area contributed by atoms with Crippen LogP contribution in [-0.4, -0.2) is 42.1 Å². The summed E-state index contributed by atoms with van der Waals surface area (Å²) < 4.78 is 12.9. The second kappa shape index (κ2) is 5.71. The predicted octanol–water partition coefficient (Wildman–Crippen LogP) is 2.57. The lowest BCUT2D eigenvalue weighted by Gasteiger charge is -2.38.